The molecule has 1 amide bonds. The summed E-state index contributed by atoms with van der Waals surface area (Å²) >= 11 is 1.28. The van der Waals surface area contributed by atoms with Crippen molar-refractivity contribution >= 4 is 22.4 Å². The Morgan fingerprint density at radius 1 is 1.24 bits per heavy atom. The van der Waals surface area contributed by atoms with E-state index in [1.807, 2.05) is 0 Å². The van der Waals surface area contributed by atoms with E-state index >= 15 is 0 Å². The molecule has 3 rings (SSSR count). The van der Waals surface area contributed by atoms with E-state index in [0.29, 0.717) is 16.4 Å². The second-order valence-corrected chi connectivity index (χ2v) is 6.48. The van der Waals surface area contributed by atoms with Crippen LogP contribution in [0.15, 0.2) is 29.6 Å². The lowest BCUT2D eigenvalue weighted by molar-refractivity contribution is -0.274. The van der Waals surface area contributed by atoms with Crippen LogP contribution in [0.2, 0.25) is 0 Å². The molecule has 0 bridgehead atoms. The summed E-state index contributed by atoms with van der Waals surface area (Å²) in [6.07, 6.45) is -3.12. The Labute approximate surface area is 146 Å². The first kappa shape index (κ1) is 17.7. The third kappa shape index (κ3) is 4.93. The van der Waals surface area contributed by atoms with Crippen molar-refractivity contribution in [2.45, 2.75) is 19.2 Å². The van der Waals surface area contributed by atoms with Crippen molar-refractivity contribution in [3.63, 3.8) is 0 Å². The molecule has 0 unspecified atom stereocenters. The summed E-state index contributed by atoms with van der Waals surface area (Å²) in [7, 11) is 0. The zero-order chi connectivity index (χ0) is 17.9. The van der Waals surface area contributed by atoms with Crippen molar-refractivity contribution in [3.8, 4) is 17.0 Å². The van der Waals surface area contributed by atoms with Gasteiger partial charge in [0, 0.05) is 16.9 Å². The topological polar surface area (TPSA) is 63.2 Å². The molecule has 0 saturated carbocycles. The summed E-state index contributed by atoms with van der Waals surface area (Å²) in [6, 6.07) is 5.45. The van der Waals surface area contributed by atoms with Crippen LogP contribution in [0.25, 0.3) is 11.3 Å². The Morgan fingerprint density at radius 3 is 2.56 bits per heavy atom. The maximum atomic E-state index is 12.2. The minimum Gasteiger partial charge on any atom is -0.406 e. The maximum absolute atomic E-state index is 12.2. The van der Waals surface area contributed by atoms with Crippen LogP contribution in [-0.2, 0) is 4.79 Å². The zero-order valence-corrected chi connectivity index (χ0v) is 13.9. The molecule has 134 valence electrons. The summed E-state index contributed by atoms with van der Waals surface area (Å²) in [6.45, 7) is 1.65. The summed E-state index contributed by atoms with van der Waals surface area (Å²) in [5.41, 5.74) is 1.23. The number of carbonyl (C=O) groups excluding carboxylic acids is 1. The molecule has 0 atom stereocenters. The number of amides is 1. The Balaban J connectivity index is 1.63. The van der Waals surface area contributed by atoms with Crippen LogP contribution >= 0.6 is 11.3 Å². The number of ether oxygens (including phenoxy) is 1. The molecule has 1 fully saturated rings. The zero-order valence-electron chi connectivity index (χ0n) is 13.1. The third-order valence-corrected chi connectivity index (χ3v) is 4.59. The number of piperidine rings is 1. The molecule has 1 aromatic heterocycles. The molecule has 2 N–H and O–H groups in total. The molecule has 2 aromatic rings. The number of benzene rings is 1. The molecule has 9 heteroatoms. The third-order valence-electron chi connectivity index (χ3n) is 3.83. The molecule has 0 spiro atoms. The van der Waals surface area contributed by atoms with Crippen molar-refractivity contribution in [1.82, 2.24) is 10.3 Å². The molecule has 0 aliphatic carbocycles. The number of rotatable bonds is 4. The van der Waals surface area contributed by atoms with Crippen LogP contribution in [0.1, 0.15) is 12.8 Å². The maximum Gasteiger partial charge on any atom is 0.573 e. The Kier molecular flexibility index (Phi) is 5.24. The molecule has 5 nitrogen and oxygen atoms in total. The average molecular weight is 371 g/mol. The fourth-order valence-corrected chi connectivity index (χ4v) is 3.31. The van der Waals surface area contributed by atoms with Gasteiger partial charge in [0.05, 0.1) is 5.69 Å². The smallest absolute Gasteiger partial charge is 0.406 e. The highest BCUT2D eigenvalue weighted by Crippen LogP contribution is 2.29. The first-order chi connectivity index (χ1) is 11.9. The fourth-order valence-electron chi connectivity index (χ4n) is 2.58. The van der Waals surface area contributed by atoms with Crippen LogP contribution in [-0.4, -0.2) is 30.3 Å². The second-order valence-electron chi connectivity index (χ2n) is 5.62. The van der Waals surface area contributed by atoms with Gasteiger partial charge in [0.2, 0.25) is 5.91 Å². The van der Waals surface area contributed by atoms with E-state index in [0.717, 1.165) is 25.9 Å². The fraction of sp³-hybridized carbons (Fsp3) is 0.375. The Morgan fingerprint density at radius 2 is 1.92 bits per heavy atom. The molecular weight excluding hydrogens is 355 g/mol. The van der Waals surface area contributed by atoms with Crippen LogP contribution in [0.3, 0.4) is 0 Å². The van der Waals surface area contributed by atoms with E-state index in [4.69, 9.17) is 0 Å². The van der Waals surface area contributed by atoms with E-state index in [-0.39, 0.29) is 17.6 Å². The van der Waals surface area contributed by atoms with E-state index in [1.165, 1.54) is 35.6 Å². The van der Waals surface area contributed by atoms with Crippen molar-refractivity contribution in [2.75, 3.05) is 18.4 Å². The van der Waals surface area contributed by atoms with Crippen LogP contribution in [0, 0.1) is 5.92 Å². The highest BCUT2D eigenvalue weighted by molar-refractivity contribution is 7.14. The molecule has 25 heavy (non-hydrogen) atoms. The lowest BCUT2D eigenvalue weighted by Gasteiger charge is -2.20. The molecular formula is C16H16F3N3O2S. The molecule has 0 radical (unpaired) electrons. The van der Waals surface area contributed by atoms with E-state index in [9.17, 15) is 18.0 Å². The average Bonchev–Trinajstić information content (AvgIpc) is 3.03. The number of nitrogens with one attached hydrogen (secondary N) is 2. The van der Waals surface area contributed by atoms with Crippen molar-refractivity contribution in [3.05, 3.63) is 29.6 Å². The van der Waals surface area contributed by atoms with Crippen LogP contribution in [0.4, 0.5) is 18.3 Å². The molecule has 1 aliphatic rings. The lowest BCUT2D eigenvalue weighted by Crippen LogP contribution is -2.34. The van der Waals surface area contributed by atoms with Crippen molar-refractivity contribution in [1.29, 1.82) is 0 Å². The Hall–Kier alpha value is -2.13. The van der Waals surface area contributed by atoms with Gasteiger partial charge in [-0.15, -0.1) is 24.5 Å². The van der Waals surface area contributed by atoms with Gasteiger partial charge in [-0.1, -0.05) is 0 Å². The number of hydrogen-bond acceptors (Lipinski definition) is 5. The van der Waals surface area contributed by atoms with Gasteiger partial charge >= 0.3 is 6.36 Å². The van der Waals surface area contributed by atoms with Gasteiger partial charge in [-0.2, -0.15) is 0 Å². The largest absolute Gasteiger partial charge is 0.573 e. The number of hydrogen-bond donors (Lipinski definition) is 2. The molecule has 1 aliphatic heterocycles. The predicted octanol–water partition coefficient (Wildman–Crippen LogP) is 3.65. The van der Waals surface area contributed by atoms with Gasteiger partial charge < -0.3 is 15.4 Å². The number of aromatic nitrogens is 1. The van der Waals surface area contributed by atoms with E-state index < -0.39 is 6.36 Å². The summed E-state index contributed by atoms with van der Waals surface area (Å²) < 4.78 is 40.3. The number of alkyl halides is 3. The minimum atomic E-state index is -4.71. The first-order valence-corrected chi connectivity index (χ1v) is 8.62. The minimum absolute atomic E-state index is 0.0209. The lowest BCUT2D eigenvalue weighted by atomic mass is 9.97. The van der Waals surface area contributed by atoms with Gasteiger partial charge in [0.1, 0.15) is 5.75 Å². The number of halogens is 3. The van der Waals surface area contributed by atoms with Gasteiger partial charge in [0.25, 0.3) is 0 Å². The molecule has 1 aromatic carbocycles. The quantitative estimate of drug-likeness (QED) is 0.861. The number of thiazole rings is 1. The van der Waals surface area contributed by atoms with Crippen LogP contribution in [0.5, 0.6) is 5.75 Å². The SMILES string of the molecule is O=C(Nc1nc(-c2ccc(OC(F)(F)F)cc2)cs1)C1CCNCC1. The van der Waals surface area contributed by atoms with Gasteiger partial charge in [-0.3, -0.25) is 4.79 Å². The predicted molar refractivity (Wildman–Crippen MR) is 88.5 cm³/mol. The van der Waals surface area contributed by atoms with Crippen molar-refractivity contribution < 1.29 is 22.7 Å². The van der Waals surface area contributed by atoms with Gasteiger partial charge in [-0.05, 0) is 50.2 Å². The number of anilines is 1. The molecule has 2 heterocycles. The normalized spacial score (nSPS) is 15.8. The van der Waals surface area contributed by atoms with Crippen LogP contribution < -0.4 is 15.4 Å². The van der Waals surface area contributed by atoms with Crippen molar-refractivity contribution in [2.24, 2.45) is 5.92 Å². The number of nitrogens with zero attached hydrogens (tertiary/aromatic N) is 1. The van der Waals surface area contributed by atoms with Gasteiger partial charge in [0.15, 0.2) is 5.13 Å². The second kappa shape index (κ2) is 7.40. The molecule has 1 saturated heterocycles. The van der Waals surface area contributed by atoms with Gasteiger partial charge in [-0.25, -0.2) is 4.98 Å². The number of carbonyl (C=O) groups is 1. The Bertz CT molecular complexity index is 725. The highest BCUT2D eigenvalue weighted by atomic mass is 32.1. The summed E-state index contributed by atoms with van der Waals surface area (Å²) in [5.74, 6) is -0.352. The monoisotopic (exact) mass is 371 g/mol. The van der Waals surface area contributed by atoms with E-state index in [1.54, 1.807) is 5.38 Å². The summed E-state index contributed by atoms with van der Waals surface area (Å²) in [4.78, 5) is 16.5. The summed E-state index contributed by atoms with van der Waals surface area (Å²) in [5, 5.41) is 8.24. The standard InChI is InChI=1S/C16H16F3N3O2S/c17-16(18,19)24-12-3-1-10(2-4-12)13-9-25-15(21-13)22-14(23)11-5-7-20-8-6-11/h1-4,9,11,20H,5-8H2,(H,21,22,23). The highest BCUT2D eigenvalue weighted by Gasteiger charge is 2.31. The first-order valence-electron chi connectivity index (χ1n) is 7.74. The van der Waals surface area contributed by atoms with E-state index in [2.05, 4.69) is 20.4 Å².